The third-order valence-corrected chi connectivity index (χ3v) is 30.2. The van der Waals surface area contributed by atoms with E-state index in [-0.39, 0.29) is 0 Å². The van der Waals surface area contributed by atoms with Gasteiger partial charge in [0.15, 0.2) is 0 Å². The fraction of sp³-hybridized carbons (Fsp3) is 0. The standard InChI is InChI=1S/C102H53N3OS5/c1-2-18-55-47-82-77(45-54(55)17-1)78-53-92-79(52-83(78)103(82)58-37-41-64-63-19-7-11-31-84(63)106-85(64)49-58)73-29-16-28-62(100(73)111-92)57-35-40-74-81(48-57)104(59-38-42-67-65-20-8-12-32-86(65)107-90(67)50-59)99-93(74)69-22-3-4-23-70(69)95-80-46-56(36-44-89(80)110-102(95)99)61-27-15-30-76-96-98(72-25-6-5-24-71(72)94-75-26-10-14-34-88(75)109-101(94)96)105(97(61)76)60-39-43-68-66-21-9-13-33-87(66)108-91(68)51-60/h1-53H. The average Bonchev–Trinajstić information content (AvgIpc) is 1.53. The van der Waals surface area contributed by atoms with Crippen LogP contribution in [0.2, 0.25) is 0 Å². The Morgan fingerprint density at radius 1 is 0.198 bits per heavy atom. The highest BCUT2D eigenvalue weighted by molar-refractivity contribution is 7.28. The minimum absolute atomic E-state index is 0.884. The molecule has 27 rings (SSSR count). The molecule has 0 N–H and O–H groups in total. The van der Waals surface area contributed by atoms with Crippen LogP contribution in [0, 0.1) is 0 Å². The summed E-state index contributed by atoms with van der Waals surface area (Å²) in [4.78, 5) is 0. The SMILES string of the molecule is c1ccc2cc3c(cc2c1)c1cc2sc4c(-c5ccc6c7c8ccccc8c8c9cc(-c%10cccc%11c%12c%13sc%14ccccc%14c%13c%13ccccc%13c%12n(-c%12ccc%13c(c%12)sc%12ccccc%12%13)c%10%11)ccc9sc8c7n(-c7ccc8c(c7)sc7ccccc78)c6c5)cccc4c2cc1n3-c1ccc2c(c1)oc1ccccc12. The molecule has 512 valence electrons. The van der Waals surface area contributed by atoms with Gasteiger partial charge in [-0.1, -0.05) is 212 Å². The fourth-order valence-electron chi connectivity index (χ4n) is 19.6. The van der Waals surface area contributed by atoms with Crippen molar-refractivity contribution in [2.45, 2.75) is 0 Å². The zero-order valence-corrected chi connectivity index (χ0v) is 63.0. The van der Waals surface area contributed by atoms with Crippen molar-refractivity contribution < 1.29 is 4.42 Å². The summed E-state index contributed by atoms with van der Waals surface area (Å²) in [6.07, 6.45) is 0. The van der Waals surface area contributed by atoms with E-state index in [1.807, 2.05) is 56.7 Å². The van der Waals surface area contributed by atoms with E-state index in [2.05, 4.69) is 335 Å². The molecule has 0 atom stereocenters. The predicted octanol–water partition coefficient (Wildman–Crippen LogP) is 31.5. The van der Waals surface area contributed by atoms with Crippen LogP contribution in [-0.4, -0.2) is 13.7 Å². The van der Waals surface area contributed by atoms with E-state index in [1.54, 1.807) is 0 Å². The fourth-order valence-corrected chi connectivity index (χ4v) is 25.7. The van der Waals surface area contributed by atoms with E-state index in [0.717, 1.165) is 39.0 Å². The molecule has 0 radical (unpaired) electrons. The molecule has 18 aromatic carbocycles. The molecule has 4 nitrogen and oxygen atoms in total. The summed E-state index contributed by atoms with van der Waals surface area (Å²) < 4.78 is 27.2. The molecule has 9 heterocycles. The summed E-state index contributed by atoms with van der Waals surface area (Å²) in [5, 5.41) is 30.2. The predicted molar refractivity (Wildman–Crippen MR) is 485 cm³/mol. The molecule has 0 spiro atoms. The Morgan fingerprint density at radius 2 is 0.694 bits per heavy atom. The molecule has 0 amide bonds. The summed E-state index contributed by atoms with van der Waals surface area (Å²) in [6.45, 7) is 0. The Hall–Kier alpha value is -13.0. The Labute approximate surface area is 650 Å². The van der Waals surface area contributed by atoms with Crippen LogP contribution >= 0.6 is 56.7 Å². The van der Waals surface area contributed by atoms with Crippen LogP contribution in [-0.2, 0) is 0 Å². The van der Waals surface area contributed by atoms with Gasteiger partial charge in [-0.3, -0.25) is 0 Å². The average molecular weight is 1500 g/mol. The van der Waals surface area contributed by atoms with Crippen molar-refractivity contribution >= 4 is 277 Å². The van der Waals surface area contributed by atoms with Gasteiger partial charge in [0, 0.05) is 173 Å². The molecule has 9 heteroatoms. The summed E-state index contributed by atoms with van der Waals surface area (Å²) in [6, 6.07) is 122. The van der Waals surface area contributed by atoms with Crippen LogP contribution < -0.4 is 0 Å². The summed E-state index contributed by atoms with van der Waals surface area (Å²) >= 11 is 9.56. The van der Waals surface area contributed by atoms with Crippen molar-refractivity contribution in [3.8, 4) is 39.3 Å². The second-order valence-electron chi connectivity index (χ2n) is 30.0. The van der Waals surface area contributed by atoms with Gasteiger partial charge in [-0.2, -0.15) is 0 Å². The highest BCUT2D eigenvalue weighted by Crippen LogP contribution is 2.55. The number of hydrogen-bond donors (Lipinski definition) is 0. The van der Waals surface area contributed by atoms with Gasteiger partial charge < -0.3 is 18.1 Å². The first-order valence-corrected chi connectivity index (χ1v) is 41.8. The van der Waals surface area contributed by atoms with Crippen molar-refractivity contribution in [2.24, 2.45) is 0 Å². The van der Waals surface area contributed by atoms with Crippen LogP contribution in [0.3, 0.4) is 0 Å². The molecule has 0 aliphatic heterocycles. The van der Waals surface area contributed by atoms with E-state index in [9.17, 15) is 0 Å². The van der Waals surface area contributed by atoms with Crippen molar-refractivity contribution in [3.05, 3.63) is 322 Å². The minimum atomic E-state index is 0.884. The largest absolute Gasteiger partial charge is 0.456 e. The smallest absolute Gasteiger partial charge is 0.137 e. The van der Waals surface area contributed by atoms with E-state index in [4.69, 9.17) is 4.42 Å². The molecular formula is C102H53N3OS5. The van der Waals surface area contributed by atoms with Gasteiger partial charge in [0.05, 0.1) is 37.8 Å². The van der Waals surface area contributed by atoms with Gasteiger partial charge in [0.25, 0.3) is 0 Å². The highest BCUT2D eigenvalue weighted by atomic mass is 32.1. The Bertz CT molecular complexity index is 8940. The van der Waals surface area contributed by atoms with Gasteiger partial charge in [-0.05, 0) is 147 Å². The molecule has 0 fully saturated rings. The van der Waals surface area contributed by atoms with Crippen LogP contribution in [0.1, 0.15) is 0 Å². The number of para-hydroxylation sites is 2. The van der Waals surface area contributed by atoms with E-state index in [1.165, 1.54) is 221 Å². The number of thiophene rings is 5. The molecule has 27 aromatic rings. The van der Waals surface area contributed by atoms with Gasteiger partial charge >= 0.3 is 0 Å². The molecule has 0 aliphatic carbocycles. The number of nitrogens with zero attached hydrogens (tertiary/aromatic N) is 3. The van der Waals surface area contributed by atoms with Gasteiger partial charge in [-0.15, -0.1) is 56.7 Å². The second kappa shape index (κ2) is 21.9. The van der Waals surface area contributed by atoms with E-state index >= 15 is 0 Å². The lowest BCUT2D eigenvalue weighted by Gasteiger charge is -2.14. The topological polar surface area (TPSA) is 27.9 Å². The third kappa shape index (κ3) is 8.10. The number of rotatable bonds is 5. The number of benzene rings is 18. The first-order chi connectivity index (χ1) is 55.0. The molecule has 0 aliphatic rings. The lowest BCUT2D eigenvalue weighted by atomic mass is 9.96. The lowest BCUT2D eigenvalue weighted by molar-refractivity contribution is 0.668. The van der Waals surface area contributed by atoms with Crippen LogP contribution in [0.4, 0.5) is 0 Å². The van der Waals surface area contributed by atoms with Crippen molar-refractivity contribution in [3.63, 3.8) is 0 Å². The molecule has 9 aromatic heterocycles. The van der Waals surface area contributed by atoms with Crippen molar-refractivity contribution in [2.75, 3.05) is 0 Å². The first kappa shape index (κ1) is 60.0. The maximum absolute atomic E-state index is 6.59. The van der Waals surface area contributed by atoms with Gasteiger partial charge in [0.2, 0.25) is 0 Å². The molecule has 0 bridgehead atoms. The molecule has 111 heavy (non-hydrogen) atoms. The highest BCUT2D eigenvalue weighted by Gasteiger charge is 2.29. The second-order valence-corrected chi connectivity index (χ2v) is 35.3. The number of furan rings is 1. The van der Waals surface area contributed by atoms with E-state index in [0.29, 0.717) is 0 Å². The third-order valence-electron chi connectivity index (χ3n) is 24.3. The minimum Gasteiger partial charge on any atom is -0.456 e. The molecular weight excluding hydrogens is 1440 g/mol. The van der Waals surface area contributed by atoms with Gasteiger partial charge in [0.1, 0.15) is 11.2 Å². The van der Waals surface area contributed by atoms with Crippen molar-refractivity contribution in [1.29, 1.82) is 0 Å². The summed E-state index contributed by atoms with van der Waals surface area (Å²) in [7, 11) is 0. The maximum atomic E-state index is 6.59. The van der Waals surface area contributed by atoms with Crippen LogP contribution in [0.5, 0.6) is 0 Å². The monoisotopic (exact) mass is 1500 g/mol. The zero-order chi connectivity index (χ0) is 71.7. The summed E-state index contributed by atoms with van der Waals surface area (Å²) in [5.74, 6) is 0. The zero-order valence-electron chi connectivity index (χ0n) is 58.9. The maximum Gasteiger partial charge on any atom is 0.137 e. The quantitative estimate of drug-likeness (QED) is 0.169. The Balaban J connectivity index is 0.697. The molecule has 0 saturated carbocycles. The molecule has 0 saturated heterocycles. The first-order valence-electron chi connectivity index (χ1n) is 37.7. The van der Waals surface area contributed by atoms with Gasteiger partial charge in [-0.25, -0.2) is 0 Å². The van der Waals surface area contributed by atoms with Crippen LogP contribution in [0.15, 0.2) is 326 Å². The van der Waals surface area contributed by atoms with E-state index < -0.39 is 0 Å². The normalized spacial score (nSPS) is 12.7. The Kier molecular flexibility index (Phi) is 11.9. The number of hydrogen-bond acceptors (Lipinski definition) is 6. The number of fused-ring (bicyclic) bond motifs is 36. The Morgan fingerprint density at radius 3 is 1.46 bits per heavy atom. The van der Waals surface area contributed by atoms with Crippen molar-refractivity contribution in [1.82, 2.24) is 13.7 Å². The summed E-state index contributed by atoms with van der Waals surface area (Å²) in [5.41, 5.74) is 17.2. The number of aromatic nitrogens is 3. The van der Waals surface area contributed by atoms with Crippen LogP contribution in [0.25, 0.3) is 260 Å². The molecule has 0 unspecified atom stereocenters. The lowest BCUT2D eigenvalue weighted by Crippen LogP contribution is -1.96.